The third-order valence-electron chi connectivity index (χ3n) is 6.41. The van der Waals surface area contributed by atoms with Crippen LogP contribution in [0.5, 0.6) is 0 Å². The van der Waals surface area contributed by atoms with Gasteiger partial charge in [0.15, 0.2) is 6.61 Å². The van der Waals surface area contributed by atoms with Gasteiger partial charge in [0.05, 0.1) is 22.6 Å². The van der Waals surface area contributed by atoms with E-state index >= 15 is 0 Å². The predicted molar refractivity (Wildman–Crippen MR) is 102 cm³/mol. The van der Waals surface area contributed by atoms with E-state index in [9.17, 15) is 14.7 Å². The van der Waals surface area contributed by atoms with Crippen molar-refractivity contribution in [2.24, 2.45) is 17.3 Å². The van der Waals surface area contributed by atoms with Crippen LogP contribution in [0.25, 0.3) is 0 Å². The number of esters is 1. The number of ether oxygens (including phenoxy) is 1. The lowest BCUT2D eigenvalue weighted by molar-refractivity contribution is -0.177. The third-order valence-corrected chi connectivity index (χ3v) is 6.72. The number of hydrogen-bond donors (Lipinski definition) is 2. The number of carbonyl (C=O) groups is 2. The summed E-state index contributed by atoms with van der Waals surface area (Å²) in [5, 5.41) is 22.5. The normalized spacial score (nSPS) is 32.6. The van der Waals surface area contributed by atoms with Gasteiger partial charge in [0.25, 0.3) is 5.91 Å². The van der Waals surface area contributed by atoms with Gasteiger partial charge in [0.1, 0.15) is 6.07 Å². The van der Waals surface area contributed by atoms with Crippen molar-refractivity contribution >= 4 is 29.2 Å². The molecule has 28 heavy (non-hydrogen) atoms. The molecule has 4 fully saturated rings. The second kappa shape index (κ2) is 7.06. The zero-order valence-electron chi connectivity index (χ0n) is 15.5. The van der Waals surface area contributed by atoms with Crippen molar-refractivity contribution in [3.05, 3.63) is 28.8 Å². The number of nitriles is 1. The van der Waals surface area contributed by atoms with Crippen LogP contribution in [0.3, 0.4) is 0 Å². The summed E-state index contributed by atoms with van der Waals surface area (Å²) in [6.45, 7) is -0.371. The number of benzene rings is 1. The summed E-state index contributed by atoms with van der Waals surface area (Å²) < 4.78 is 5.21. The zero-order chi connectivity index (χ0) is 19.9. The van der Waals surface area contributed by atoms with E-state index in [2.05, 4.69) is 5.32 Å². The molecule has 1 amide bonds. The first kappa shape index (κ1) is 19.2. The maximum atomic E-state index is 12.4. The summed E-state index contributed by atoms with van der Waals surface area (Å²) in [5.74, 6) is 0.156. The molecule has 7 heteroatoms. The lowest BCUT2D eigenvalue weighted by atomic mass is 9.47. The van der Waals surface area contributed by atoms with Crippen LogP contribution < -0.4 is 5.32 Å². The highest BCUT2D eigenvalue weighted by molar-refractivity contribution is 6.32. The van der Waals surface area contributed by atoms with Crippen molar-refractivity contribution in [2.75, 3.05) is 11.9 Å². The first-order valence-electron chi connectivity index (χ1n) is 9.66. The molecule has 4 aliphatic carbocycles. The van der Waals surface area contributed by atoms with E-state index in [1.165, 1.54) is 12.1 Å². The van der Waals surface area contributed by atoms with Gasteiger partial charge in [-0.25, -0.2) is 0 Å². The topological polar surface area (TPSA) is 99.4 Å². The number of carbonyl (C=O) groups excluding carboxylic acids is 2. The van der Waals surface area contributed by atoms with Crippen molar-refractivity contribution < 1.29 is 19.4 Å². The second-order valence-corrected chi connectivity index (χ2v) is 9.28. The fraction of sp³-hybridized carbons (Fsp3) is 0.571. The Morgan fingerprint density at radius 1 is 1.29 bits per heavy atom. The van der Waals surface area contributed by atoms with Crippen LogP contribution in [-0.4, -0.2) is 29.2 Å². The van der Waals surface area contributed by atoms with Crippen molar-refractivity contribution in [3.8, 4) is 6.07 Å². The summed E-state index contributed by atoms with van der Waals surface area (Å²) in [7, 11) is 0. The SMILES string of the molecule is N#Cc1ccc(NC(=O)COC(=O)CC23C[C@@H]4C[C@@H](CC(O)(C4)C2)C3)cc1Cl. The molecule has 0 saturated heterocycles. The van der Waals surface area contributed by atoms with E-state index in [-0.39, 0.29) is 23.5 Å². The third kappa shape index (κ3) is 3.87. The molecule has 0 spiro atoms. The quantitative estimate of drug-likeness (QED) is 0.735. The van der Waals surface area contributed by atoms with E-state index in [1.54, 1.807) is 6.07 Å². The Hall–Kier alpha value is -2.10. The fourth-order valence-electron chi connectivity index (χ4n) is 5.99. The van der Waals surface area contributed by atoms with E-state index in [0.717, 1.165) is 32.1 Å². The molecule has 4 bridgehead atoms. The van der Waals surface area contributed by atoms with Crippen LogP contribution in [0, 0.1) is 28.6 Å². The van der Waals surface area contributed by atoms with E-state index in [4.69, 9.17) is 21.6 Å². The molecule has 148 valence electrons. The molecule has 0 radical (unpaired) electrons. The van der Waals surface area contributed by atoms with Gasteiger partial charge in [-0.2, -0.15) is 5.26 Å². The average Bonchev–Trinajstić information content (AvgIpc) is 2.57. The first-order chi connectivity index (χ1) is 13.3. The molecule has 2 N–H and O–H groups in total. The monoisotopic (exact) mass is 402 g/mol. The highest BCUT2D eigenvalue weighted by Crippen LogP contribution is 2.62. The zero-order valence-corrected chi connectivity index (χ0v) is 16.3. The van der Waals surface area contributed by atoms with Crippen LogP contribution in [0.2, 0.25) is 5.02 Å². The van der Waals surface area contributed by atoms with Crippen LogP contribution in [-0.2, 0) is 14.3 Å². The summed E-state index contributed by atoms with van der Waals surface area (Å²) in [6, 6.07) is 6.52. The smallest absolute Gasteiger partial charge is 0.306 e. The average molecular weight is 403 g/mol. The van der Waals surface area contributed by atoms with Crippen LogP contribution in [0.4, 0.5) is 5.69 Å². The molecule has 5 rings (SSSR count). The van der Waals surface area contributed by atoms with E-state index in [0.29, 0.717) is 29.5 Å². The number of nitrogens with zero attached hydrogens (tertiary/aromatic N) is 1. The number of anilines is 1. The molecule has 4 atom stereocenters. The molecule has 0 heterocycles. The lowest BCUT2D eigenvalue weighted by Gasteiger charge is -2.60. The van der Waals surface area contributed by atoms with Crippen molar-refractivity contribution in [1.82, 2.24) is 0 Å². The summed E-state index contributed by atoms with van der Waals surface area (Å²) >= 11 is 5.94. The van der Waals surface area contributed by atoms with Gasteiger partial charge >= 0.3 is 5.97 Å². The van der Waals surface area contributed by atoms with Crippen molar-refractivity contribution in [3.63, 3.8) is 0 Å². The Morgan fingerprint density at radius 2 is 2.00 bits per heavy atom. The van der Waals surface area contributed by atoms with Crippen molar-refractivity contribution in [1.29, 1.82) is 5.26 Å². The molecule has 0 aromatic heterocycles. The molecular weight excluding hydrogens is 380 g/mol. The Bertz CT molecular complexity index is 848. The lowest BCUT2D eigenvalue weighted by Crippen LogP contribution is -2.56. The number of amides is 1. The Balaban J connectivity index is 1.30. The van der Waals surface area contributed by atoms with E-state index < -0.39 is 17.5 Å². The number of nitrogens with one attached hydrogen (secondary N) is 1. The molecule has 4 saturated carbocycles. The van der Waals surface area contributed by atoms with Gasteiger partial charge in [-0.3, -0.25) is 9.59 Å². The van der Waals surface area contributed by atoms with Crippen LogP contribution >= 0.6 is 11.6 Å². The minimum absolute atomic E-state index is 0.174. The molecule has 2 unspecified atom stereocenters. The maximum absolute atomic E-state index is 12.4. The highest BCUT2D eigenvalue weighted by Gasteiger charge is 2.57. The second-order valence-electron chi connectivity index (χ2n) is 8.88. The molecule has 1 aromatic rings. The Kier molecular flexibility index (Phi) is 4.84. The predicted octanol–water partition coefficient (Wildman–Crippen LogP) is 3.41. The number of rotatable bonds is 5. The van der Waals surface area contributed by atoms with Crippen molar-refractivity contribution in [2.45, 2.75) is 50.5 Å². The fourth-order valence-corrected chi connectivity index (χ4v) is 6.22. The van der Waals surface area contributed by atoms with Gasteiger partial charge < -0.3 is 15.2 Å². The van der Waals surface area contributed by atoms with Gasteiger partial charge in [-0.1, -0.05) is 11.6 Å². The molecule has 4 aliphatic rings. The maximum Gasteiger partial charge on any atom is 0.306 e. The highest BCUT2D eigenvalue weighted by atomic mass is 35.5. The minimum Gasteiger partial charge on any atom is -0.456 e. The number of hydrogen-bond acceptors (Lipinski definition) is 5. The van der Waals surface area contributed by atoms with Gasteiger partial charge in [-0.05, 0) is 74.0 Å². The summed E-state index contributed by atoms with van der Waals surface area (Å²) in [6.07, 6.45) is 5.74. The summed E-state index contributed by atoms with van der Waals surface area (Å²) in [5.41, 5.74) is -0.0272. The van der Waals surface area contributed by atoms with Gasteiger partial charge in [0.2, 0.25) is 0 Å². The summed E-state index contributed by atoms with van der Waals surface area (Å²) in [4.78, 5) is 24.4. The molecule has 6 nitrogen and oxygen atoms in total. The first-order valence-corrected chi connectivity index (χ1v) is 10.0. The Labute approximate surface area is 168 Å². The van der Waals surface area contributed by atoms with Crippen LogP contribution in [0.1, 0.15) is 50.5 Å². The van der Waals surface area contributed by atoms with E-state index in [1.807, 2.05) is 6.07 Å². The van der Waals surface area contributed by atoms with Gasteiger partial charge in [-0.15, -0.1) is 0 Å². The molecule has 1 aromatic carbocycles. The van der Waals surface area contributed by atoms with Crippen LogP contribution in [0.15, 0.2) is 18.2 Å². The largest absolute Gasteiger partial charge is 0.456 e. The Morgan fingerprint density at radius 3 is 2.61 bits per heavy atom. The molecule has 0 aliphatic heterocycles. The van der Waals surface area contributed by atoms with Gasteiger partial charge in [0, 0.05) is 5.69 Å². The molecular formula is C21H23ClN2O4. The minimum atomic E-state index is -0.614. The number of aliphatic hydroxyl groups is 1. The number of halogens is 1. The standard InChI is InChI=1S/C21H23ClN2O4/c22-17-4-16(2-1-15(17)10-23)24-18(25)11-28-19(26)9-20-5-13-3-14(6-20)8-21(27,7-13)12-20/h1-2,4,13-14,27H,3,5-9,11-12H2,(H,24,25)/t13-,14+,20?,21?.